The van der Waals surface area contributed by atoms with Crippen LogP contribution in [0.25, 0.3) is 0 Å². The Hall–Kier alpha value is -2.49. The summed E-state index contributed by atoms with van der Waals surface area (Å²) in [6.45, 7) is 4.66. The number of aryl methyl sites for hydroxylation is 1. The number of benzene rings is 1. The van der Waals surface area contributed by atoms with Gasteiger partial charge in [-0.25, -0.2) is 0 Å². The van der Waals surface area contributed by atoms with E-state index >= 15 is 0 Å². The summed E-state index contributed by atoms with van der Waals surface area (Å²) in [6, 6.07) is 8.89. The van der Waals surface area contributed by atoms with Gasteiger partial charge in [-0.15, -0.1) is 5.10 Å². The van der Waals surface area contributed by atoms with Gasteiger partial charge in [-0.2, -0.15) is 5.01 Å². The molecule has 0 aliphatic carbocycles. The predicted molar refractivity (Wildman–Crippen MR) is 102 cm³/mol. The van der Waals surface area contributed by atoms with E-state index in [1.165, 1.54) is 18.9 Å². The van der Waals surface area contributed by atoms with Gasteiger partial charge in [0.25, 0.3) is 0 Å². The number of aromatic nitrogens is 1. The molecule has 0 spiro atoms. The van der Waals surface area contributed by atoms with Gasteiger partial charge in [-0.05, 0) is 59.8 Å². The smallest absolute Gasteiger partial charge is 0.308 e. The van der Waals surface area contributed by atoms with E-state index in [9.17, 15) is 9.59 Å². The van der Waals surface area contributed by atoms with Gasteiger partial charge in [0.1, 0.15) is 5.75 Å². The number of carbonyl (C=O) groups excluding carboxylic acids is 2. The largest absolute Gasteiger partial charge is 0.446 e. The summed E-state index contributed by atoms with van der Waals surface area (Å²) in [5, 5.41) is 5.60. The number of halogens is 1. The molecule has 1 unspecified atom stereocenters. The third-order valence-corrected chi connectivity index (χ3v) is 4.46. The molecule has 0 saturated heterocycles. The number of esters is 1. The second-order valence-corrected chi connectivity index (χ2v) is 6.87. The van der Waals surface area contributed by atoms with Crippen LogP contribution < -0.4 is 4.74 Å². The first-order valence-electron chi connectivity index (χ1n) is 7.81. The molecule has 134 valence electrons. The van der Waals surface area contributed by atoms with Gasteiger partial charge in [0.05, 0.1) is 3.57 Å². The number of pyridine rings is 1. The summed E-state index contributed by atoms with van der Waals surface area (Å²) in [5.74, 6) is 0.151. The lowest BCUT2D eigenvalue weighted by molar-refractivity contribution is -0.135. The topological polar surface area (TPSA) is 81.1 Å². The summed E-state index contributed by atoms with van der Waals surface area (Å²) in [4.78, 5) is 27.3. The molecule has 0 radical (unpaired) electrons. The maximum atomic E-state index is 12.0. The molecule has 1 amide bonds. The molecule has 0 fully saturated rings. The van der Waals surface area contributed by atoms with Crippen molar-refractivity contribution < 1.29 is 19.1 Å². The summed E-state index contributed by atoms with van der Waals surface area (Å²) >= 11 is 2.07. The van der Waals surface area contributed by atoms with Crippen LogP contribution in [-0.2, 0) is 14.3 Å². The zero-order chi connectivity index (χ0) is 18.8. The minimum atomic E-state index is -0.665. The second-order valence-electron chi connectivity index (χ2n) is 5.71. The molecule has 1 atom stereocenters. The van der Waals surface area contributed by atoms with Crippen LogP contribution in [-0.4, -0.2) is 27.8 Å². The lowest BCUT2D eigenvalue weighted by Gasteiger charge is -2.19. The molecule has 8 heteroatoms. The molecule has 2 heterocycles. The van der Waals surface area contributed by atoms with Gasteiger partial charge in [0.15, 0.2) is 0 Å². The normalized spacial score (nSPS) is 16.1. The highest BCUT2D eigenvalue weighted by Gasteiger charge is 2.33. The fourth-order valence-corrected chi connectivity index (χ4v) is 3.02. The van der Waals surface area contributed by atoms with Gasteiger partial charge in [-0.1, -0.05) is 0 Å². The Morgan fingerprint density at radius 2 is 2.00 bits per heavy atom. The SMILES string of the molecule is CC(=O)Oc1ccc(C2=NN(C(C)=O)C(c3ccc(C)nc3)O2)cc1I. The molecule has 26 heavy (non-hydrogen) atoms. The van der Waals surface area contributed by atoms with Gasteiger partial charge in [0.2, 0.25) is 18.0 Å². The van der Waals surface area contributed by atoms with Gasteiger partial charge in [-0.3, -0.25) is 14.6 Å². The lowest BCUT2D eigenvalue weighted by Crippen LogP contribution is -2.25. The summed E-state index contributed by atoms with van der Waals surface area (Å²) in [7, 11) is 0. The van der Waals surface area contributed by atoms with E-state index in [0.29, 0.717) is 17.2 Å². The predicted octanol–water partition coefficient (Wildman–Crippen LogP) is 3.16. The molecule has 7 nitrogen and oxygen atoms in total. The molecule has 0 N–H and O–H groups in total. The molecule has 2 aromatic rings. The number of ether oxygens (including phenoxy) is 2. The van der Waals surface area contributed by atoms with Gasteiger partial charge >= 0.3 is 5.97 Å². The Morgan fingerprint density at radius 3 is 2.58 bits per heavy atom. The van der Waals surface area contributed by atoms with Crippen LogP contribution in [0, 0.1) is 10.5 Å². The van der Waals surface area contributed by atoms with Crippen LogP contribution in [0.2, 0.25) is 0 Å². The highest BCUT2D eigenvalue weighted by atomic mass is 127. The molecular formula is C18H16IN3O4. The Balaban J connectivity index is 1.90. The maximum absolute atomic E-state index is 12.0. The van der Waals surface area contributed by atoms with Crippen molar-refractivity contribution in [3.8, 4) is 5.75 Å². The fourth-order valence-electron chi connectivity index (χ4n) is 2.40. The first kappa shape index (κ1) is 18.3. The monoisotopic (exact) mass is 465 g/mol. The Morgan fingerprint density at radius 1 is 1.23 bits per heavy atom. The average Bonchev–Trinajstić information content (AvgIpc) is 3.02. The number of hydrazone groups is 1. The van der Waals surface area contributed by atoms with E-state index < -0.39 is 6.23 Å². The zero-order valence-electron chi connectivity index (χ0n) is 14.4. The molecule has 0 bridgehead atoms. The Labute approximate surface area is 164 Å². The number of amides is 1. The van der Waals surface area contributed by atoms with E-state index in [0.717, 1.165) is 14.8 Å². The van der Waals surface area contributed by atoms with Gasteiger partial charge in [0, 0.05) is 36.9 Å². The molecule has 0 saturated carbocycles. The van der Waals surface area contributed by atoms with Crippen molar-refractivity contribution in [2.24, 2.45) is 5.10 Å². The van der Waals surface area contributed by atoms with E-state index in [2.05, 4.69) is 32.7 Å². The first-order chi connectivity index (χ1) is 12.3. The minimum Gasteiger partial charge on any atom is -0.446 e. The van der Waals surface area contributed by atoms with Gasteiger partial charge < -0.3 is 9.47 Å². The quantitative estimate of drug-likeness (QED) is 0.395. The number of rotatable bonds is 3. The number of nitrogens with zero attached hydrogens (tertiary/aromatic N) is 3. The molecule has 1 aliphatic heterocycles. The number of hydrogen-bond donors (Lipinski definition) is 0. The van der Waals surface area contributed by atoms with Crippen LogP contribution in [0.15, 0.2) is 41.6 Å². The van der Waals surface area contributed by atoms with E-state index in [-0.39, 0.29) is 11.9 Å². The van der Waals surface area contributed by atoms with Crippen LogP contribution >= 0.6 is 22.6 Å². The summed E-state index contributed by atoms with van der Waals surface area (Å²) in [6.07, 6.45) is 1.00. The van der Waals surface area contributed by atoms with Crippen molar-refractivity contribution in [3.63, 3.8) is 0 Å². The van der Waals surface area contributed by atoms with E-state index in [4.69, 9.17) is 9.47 Å². The Kier molecular flexibility index (Phi) is 5.21. The zero-order valence-corrected chi connectivity index (χ0v) is 16.6. The van der Waals surface area contributed by atoms with Crippen molar-refractivity contribution in [1.29, 1.82) is 0 Å². The van der Waals surface area contributed by atoms with Crippen LogP contribution in [0.4, 0.5) is 0 Å². The van der Waals surface area contributed by atoms with Crippen LogP contribution in [0.1, 0.15) is 36.9 Å². The van der Waals surface area contributed by atoms with Crippen molar-refractivity contribution in [1.82, 2.24) is 9.99 Å². The molecule has 3 rings (SSSR count). The fraction of sp³-hybridized carbons (Fsp3) is 0.222. The van der Waals surface area contributed by atoms with Crippen molar-refractivity contribution in [3.05, 3.63) is 56.9 Å². The molecule has 1 aromatic heterocycles. The molecule has 1 aromatic carbocycles. The molecular weight excluding hydrogens is 449 g/mol. The summed E-state index contributed by atoms with van der Waals surface area (Å²) in [5.41, 5.74) is 2.28. The highest BCUT2D eigenvalue weighted by Crippen LogP contribution is 2.31. The molecule has 1 aliphatic rings. The second kappa shape index (κ2) is 7.40. The maximum Gasteiger partial charge on any atom is 0.308 e. The highest BCUT2D eigenvalue weighted by molar-refractivity contribution is 14.1. The minimum absolute atomic E-state index is 0.239. The van der Waals surface area contributed by atoms with Crippen LogP contribution in [0.3, 0.4) is 0 Å². The number of carbonyl (C=O) groups is 2. The number of hydrogen-bond acceptors (Lipinski definition) is 6. The first-order valence-corrected chi connectivity index (χ1v) is 8.89. The van der Waals surface area contributed by atoms with E-state index in [1.54, 1.807) is 24.4 Å². The standard InChI is InChI=1S/C18H16IN3O4/c1-10-4-5-14(9-20-10)18-22(11(2)23)21-17(26-18)13-6-7-16(15(19)8-13)25-12(3)24/h4-9,18H,1-3H3. The van der Waals surface area contributed by atoms with Crippen LogP contribution in [0.5, 0.6) is 5.75 Å². The lowest BCUT2D eigenvalue weighted by atomic mass is 10.2. The van der Waals surface area contributed by atoms with E-state index in [1.807, 2.05) is 19.1 Å². The Bertz CT molecular complexity index is 896. The third kappa shape index (κ3) is 3.85. The summed E-state index contributed by atoms with van der Waals surface area (Å²) < 4.78 is 11.8. The third-order valence-electron chi connectivity index (χ3n) is 3.62. The van der Waals surface area contributed by atoms with Crippen molar-refractivity contribution >= 4 is 40.4 Å². The van der Waals surface area contributed by atoms with Crippen molar-refractivity contribution in [2.45, 2.75) is 27.0 Å². The van der Waals surface area contributed by atoms with Crippen molar-refractivity contribution in [2.75, 3.05) is 0 Å². The average molecular weight is 465 g/mol.